The van der Waals surface area contributed by atoms with E-state index in [4.69, 9.17) is 0 Å². The highest BCUT2D eigenvalue weighted by molar-refractivity contribution is 7.89. The summed E-state index contributed by atoms with van der Waals surface area (Å²) in [6.45, 7) is 11.7. The number of carbonyl (C=O) groups excluding carboxylic acids is 1. The molecule has 2 aromatic rings. The summed E-state index contributed by atoms with van der Waals surface area (Å²) in [5.74, 6) is 0.374. The molecular weight excluding hydrogens is 424 g/mol. The molecule has 1 amide bonds. The maximum absolute atomic E-state index is 13.5. The maximum Gasteiger partial charge on any atom is 0.243 e. The van der Waals surface area contributed by atoms with Gasteiger partial charge in [0.2, 0.25) is 15.9 Å². The standard InChI is InChI=1S/C24H34N4O3S/c1-16-11-19(24(3,4)5)12-17(2)22(16)32(30,31)28-9-7-27(8-10-28)23(29)21-13-20(21)18-14-25-26(6)15-18/h11-12,14-15,20-21H,7-10,13H2,1-6H3. The number of carbonyl (C=O) groups is 1. The average molecular weight is 459 g/mol. The van der Waals surface area contributed by atoms with E-state index in [0.29, 0.717) is 31.1 Å². The van der Waals surface area contributed by atoms with Crippen LogP contribution in [0.5, 0.6) is 0 Å². The van der Waals surface area contributed by atoms with E-state index in [9.17, 15) is 13.2 Å². The largest absolute Gasteiger partial charge is 0.340 e. The number of amides is 1. The highest BCUT2D eigenvalue weighted by Gasteiger charge is 2.47. The fourth-order valence-corrected chi connectivity index (χ4v) is 6.60. The van der Waals surface area contributed by atoms with Gasteiger partial charge in [-0.3, -0.25) is 9.48 Å². The lowest BCUT2D eigenvalue weighted by Crippen LogP contribution is -2.51. The quantitative estimate of drug-likeness (QED) is 0.706. The predicted octanol–water partition coefficient (Wildman–Crippen LogP) is 2.97. The number of hydrogen-bond acceptors (Lipinski definition) is 4. The van der Waals surface area contributed by atoms with Gasteiger partial charge in [0.25, 0.3) is 0 Å². The van der Waals surface area contributed by atoms with Crippen molar-refractivity contribution in [2.45, 2.75) is 57.3 Å². The lowest BCUT2D eigenvalue weighted by atomic mass is 9.85. The molecule has 174 valence electrons. The minimum atomic E-state index is -3.61. The van der Waals surface area contributed by atoms with Gasteiger partial charge >= 0.3 is 0 Å². The van der Waals surface area contributed by atoms with Gasteiger partial charge in [-0.05, 0) is 53.9 Å². The summed E-state index contributed by atoms with van der Waals surface area (Å²) >= 11 is 0. The molecule has 2 aliphatic rings. The van der Waals surface area contributed by atoms with Gasteiger partial charge in [-0.15, -0.1) is 0 Å². The molecule has 1 aromatic carbocycles. The average Bonchev–Trinajstić information content (AvgIpc) is 3.39. The molecule has 8 heteroatoms. The molecule has 1 aliphatic carbocycles. The number of aromatic nitrogens is 2. The van der Waals surface area contributed by atoms with Gasteiger partial charge < -0.3 is 4.90 Å². The van der Waals surface area contributed by atoms with E-state index < -0.39 is 10.0 Å². The Morgan fingerprint density at radius 1 is 1.06 bits per heavy atom. The molecule has 2 unspecified atom stereocenters. The van der Waals surface area contributed by atoms with E-state index in [0.717, 1.165) is 28.7 Å². The Hall–Kier alpha value is -2.19. The Morgan fingerprint density at radius 3 is 2.16 bits per heavy atom. The van der Waals surface area contributed by atoms with Crippen molar-refractivity contribution in [3.63, 3.8) is 0 Å². The molecule has 0 N–H and O–H groups in total. The van der Waals surface area contributed by atoms with Crippen molar-refractivity contribution in [1.82, 2.24) is 19.0 Å². The molecule has 1 aliphatic heterocycles. The minimum absolute atomic E-state index is 0.00297. The van der Waals surface area contributed by atoms with Crippen molar-refractivity contribution in [3.05, 3.63) is 46.8 Å². The molecule has 2 atom stereocenters. The van der Waals surface area contributed by atoms with Gasteiger partial charge in [-0.1, -0.05) is 32.9 Å². The third-order valence-corrected chi connectivity index (χ3v) is 8.94. The number of sulfonamides is 1. The fraction of sp³-hybridized carbons (Fsp3) is 0.583. The first-order chi connectivity index (χ1) is 14.9. The van der Waals surface area contributed by atoms with Crippen LogP contribution in [0.2, 0.25) is 0 Å². The van der Waals surface area contributed by atoms with Crippen LogP contribution in [0, 0.1) is 19.8 Å². The molecule has 0 spiro atoms. The van der Waals surface area contributed by atoms with E-state index in [1.54, 1.807) is 4.68 Å². The van der Waals surface area contributed by atoms with Crippen LogP contribution in [0.4, 0.5) is 0 Å². The molecule has 1 saturated carbocycles. The first kappa shape index (κ1) is 23.0. The number of aryl methyl sites for hydroxylation is 3. The molecule has 32 heavy (non-hydrogen) atoms. The Kier molecular flexibility index (Phi) is 5.74. The second kappa shape index (κ2) is 7.99. The zero-order valence-electron chi connectivity index (χ0n) is 19.9. The second-order valence-electron chi connectivity index (χ2n) is 10.3. The predicted molar refractivity (Wildman–Crippen MR) is 124 cm³/mol. The van der Waals surface area contributed by atoms with Crippen molar-refractivity contribution in [1.29, 1.82) is 0 Å². The Balaban J connectivity index is 1.43. The Bertz CT molecular complexity index is 1120. The smallest absolute Gasteiger partial charge is 0.243 e. The SMILES string of the molecule is Cc1cc(C(C)(C)C)cc(C)c1S(=O)(=O)N1CCN(C(=O)C2CC2c2cnn(C)c2)CC1. The summed E-state index contributed by atoms with van der Waals surface area (Å²) in [6, 6.07) is 3.98. The number of rotatable bonds is 4. The van der Waals surface area contributed by atoms with Crippen molar-refractivity contribution in [2.75, 3.05) is 26.2 Å². The highest BCUT2D eigenvalue weighted by atomic mass is 32.2. The third-order valence-electron chi connectivity index (χ3n) is 6.74. The van der Waals surface area contributed by atoms with Crippen molar-refractivity contribution < 1.29 is 13.2 Å². The van der Waals surface area contributed by atoms with Crippen LogP contribution in [0.25, 0.3) is 0 Å². The highest BCUT2D eigenvalue weighted by Crippen LogP contribution is 2.48. The normalized spacial score (nSPS) is 22.2. The molecule has 4 rings (SSSR count). The molecule has 0 radical (unpaired) electrons. The van der Waals surface area contributed by atoms with Crippen LogP contribution >= 0.6 is 0 Å². The fourth-order valence-electron chi connectivity index (χ4n) is 4.77. The molecular formula is C24H34N4O3S. The zero-order valence-corrected chi connectivity index (χ0v) is 20.7. The van der Waals surface area contributed by atoms with E-state index in [1.165, 1.54) is 4.31 Å². The molecule has 1 saturated heterocycles. The zero-order chi connectivity index (χ0) is 23.4. The van der Waals surface area contributed by atoms with Gasteiger partial charge in [0.05, 0.1) is 11.1 Å². The monoisotopic (exact) mass is 458 g/mol. The molecule has 2 fully saturated rings. The summed E-state index contributed by atoms with van der Waals surface area (Å²) in [7, 11) is -1.73. The summed E-state index contributed by atoms with van der Waals surface area (Å²) in [6.07, 6.45) is 4.65. The van der Waals surface area contributed by atoms with Crippen molar-refractivity contribution in [3.8, 4) is 0 Å². The maximum atomic E-state index is 13.5. The second-order valence-corrected chi connectivity index (χ2v) is 12.2. The van der Waals surface area contributed by atoms with Crippen LogP contribution in [0.3, 0.4) is 0 Å². The number of piperazine rings is 1. The van der Waals surface area contributed by atoms with Crippen molar-refractivity contribution in [2.24, 2.45) is 13.0 Å². The topological polar surface area (TPSA) is 75.5 Å². The van der Waals surface area contributed by atoms with Gasteiger partial charge in [-0.2, -0.15) is 9.40 Å². The van der Waals surface area contributed by atoms with E-state index in [2.05, 4.69) is 25.9 Å². The summed E-state index contributed by atoms with van der Waals surface area (Å²) < 4.78 is 30.2. The summed E-state index contributed by atoms with van der Waals surface area (Å²) in [5, 5.41) is 4.20. The van der Waals surface area contributed by atoms with Crippen LogP contribution < -0.4 is 0 Å². The van der Waals surface area contributed by atoms with Crippen LogP contribution in [-0.2, 0) is 27.3 Å². The number of hydrogen-bond donors (Lipinski definition) is 0. The third kappa shape index (κ3) is 4.22. The van der Waals surface area contributed by atoms with Crippen LogP contribution in [0.1, 0.15) is 55.4 Å². The number of benzene rings is 1. The summed E-state index contributed by atoms with van der Waals surface area (Å²) in [4.78, 5) is 15.2. The lowest BCUT2D eigenvalue weighted by molar-refractivity contribution is -0.133. The van der Waals surface area contributed by atoms with Gasteiger partial charge in [0, 0.05) is 45.3 Å². The van der Waals surface area contributed by atoms with Gasteiger partial charge in [0.15, 0.2) is 0 Å². The minimum Gasteiger partial charge on any atom is -0.340 e. The first-order valence-electron chi connectivity index (χ1n) is 11.3. The molecule has 2 heterocycles. The Labute approximate surface area is 191 Å². The van der Waals surface area contributed by atoms with Crippen molar-refractivity contribution >= 4 is 15.9 Å². The molecule has 1 aromatic heterocycles. The van der Waals surface area contributed by atoms with Gasteiger partial charge in [0.1, 0.15) is 0 Å². The van der Waals surface area contributed by atoms with E-state index in [1.807, 2.05) is 50.3 Å². The first-order valence-corrected chi connectivity index (χ1v) is 12.7. The van der Waals surface area contributed by atoms with Crippen LogP contribution in [-0.4, -0.2) is 59.5 Å². The number of nitrogens with zero attached hydrogens (tertiary/aromatic N) is 4. The van der Waals surface area contributed by atoms with E-state index in [-0.39, 0.29) is 23.2 Å². The Morgan fingerprint density at radius 2 is 1.66 bits per heavy atom. The summed E-state index contributed by atoms with van der Waals surface area (Å²) in [5.41, 5.74) is 3.77. The lowest BCUT2D eigenvalue weighted by Gasteiger charge is -2.35. The molecule has 0 bridgehead atoms. The van der Waals surface area contributed by atoms with E-state index >= 15 is 0 Å². The molecule has 7 nitrogen and oxygen atoms in total. The van der Waals surface area contributed by atoms with Crippen LogP contribution in [0.15, 0.2) is 29.4 Å². The van der Waals surface area contributed by atoms with Gasteiger partial charge in [-0.25, -0.2) is 8.42 Å².